The molecule has 1 rings (SSSR count). The van der Waals surface area contributed by atoms with Gasteiger partial charge in [-0.15, -0.1) is 0 Å². The van der Waals surface area contributed by atoms with Crippen LogP contribution >= 0.6 is 0 Å². The van der Waals surface area contributed by atoms with E-state index in [9.17, 15) is 5.11 Å². The van der Waals surface area contributed by atoms with Crippen LogP contribution in [-0.2, 0) is 0 Å². The van der Waals surface area contributed by atoms with Crippen LogP contribution in [-0.4, -0.2) is 72.0 Å². The molecule has 1 aliphatic heterocycles. The van der Waals surface area contributed by atoms with E-state index in [-0.39, 0.29) is 6.61 Å². The lowest BCUT2D eigenvalue weighted by Gasteiger charge is -2.29. The summed E-state index contributed by atoms with van der Waals surface area (Å²) in [5.41, 5.74) is 0. The highest BCUT2D eigenvalue weighted by Gasteiger charge is 2.21. The van der Waals surface area contributed by atoms with Gasteiger partial charge >= 0.3 is 0 Å². The average Bonchev–Trinajstić information content (AvgIpc) is 2.29. The first-order valence-electron chi connectivity index (χ1n) is 5.35. The quantitative estimate of drug-likeness (QED) is 0.639. The molecule has 0 aliphatic carbocycles. The van der Waals surface area contributed by atoms with Gasteiger partial charge < -0.3 is 15.1 Å². The maximum atomic E-state index is 9.38. The number of nitrogens with zero attached hydrogens (tertiary/aromatic N) is 2. The Labute approximate surface area is 86.1 Å². The number of rotatable bonds is 3. The number of hydrogen-bond donors (Lipinski definition) is 2. The molecule has 4 nitrogen and oxygen atoms in total. The van der Waals surface area contributed by atoms with Crippen molar-refractivity contribution < 1.29 is 10.2 Å². The fourth-order valence-corrected chi connectivity index (χ4v) is 2.02. The molecule has 2 atom stereocenters. The number of β-amino-alcohol motifs (C(OH)–C–C–N with tert-alkyl or cyclic N) is 1. The van der Waals surface area contributed by atoms with Gasteiger partial charge in [0, 0.05) is 19.1 Å². The predicted octanol–water partition coefficient (Wildman–Crippen LogP) is -0.634. The van der Waals surface area contributed by atoms with Crippen LogP contribution in [0.5, 0.6) is 0 Å². The normalized spacial score (nSPS) is 28.7. The summed E-state index contributed by atoms with van der Waals surface area (Å²) >= 11 is 0. The second kappa shape index (κ2) is 5.66. The van der Waals surface area contributed by atoms with Crippen molar-refractivity contribution in [3.05, 3.63) is 0 Å². The van der Waals surface area contributed by atoms with E-state index < -0.39 is 6.10 Å². The molecular formula is C10H22N2O2. The molecule has 0 aromatic heterocycles. The molecule has 1 aliphatic rings. The Hall–Kier alpha value is -0.160. The lowest BCUT2D eigenvalue weighted by molar-refractivity contribution is 0.0479. The Morgan fingerprint density at radius 3 is 2.79 bits per heavy atom. The average molecular weight is 202 g/mol. The van der Waals surface area contributed by atoms with Crippen LogP contribution in [0.25, 0.3) is 0 Å². The Bertz CT molecular complexity index is 166. The van der Waals surface area contributed by atoms with Gasteiger partial charge in [0.15, 0.2) is 0 Å². The molecule has 0 amide bonds. The largest absolute Gasteiger partial charge is 0.394 e. The minimum atomic E-state index is -0.596. The maximum absolute atomic E-state index is 9.38. The Balaban J connectivity index is 2.42. The lowest BCUT2D eigenvalue weighted by atomic mass is 10.2. The molecule has 1 fully saturated rings. The predicted molar refractivity (Wildman–Crippen MR) is 56.2 cm³/mol. The fourth-order valence-electron chi connectivity index (χ4n) is 2.02. The number of hydrogen-bond acceptors (Lipinski definition) is 4. The zero-order chi connectivity index (χ0) is 10.6. The molecule has 2 unspecified atom stereocenters. The van der Waals surface area contributed by atoms with Crippen LogP contribution in [0.15, 0.2) is 0 Å². The molecule has 2 N–H and O–H groups in total. The van der Waals surface area contributed by atoms with Crippen molar-refractivity contribution in [1.29, 1.82) is 0 Å². The maximum Gasteiger partial charge on any atom is 0.0897 e. The van der Waals surface area contributed by atoms with Crippen LogP contribution in [0.2, 0.25) is 0 Å². The van der Waals surface area contributed by atoms with Crippen LogP contribution in [0.4, 0.5) is 0 Å². The van der Waals surface area contributed by atoms with Gasteiger partial charge in [-0.3, -0.25) is 4.90 Å². The van der Waals surface area contributed by atoms with Crippen LogP contribution < -0.4 is 0 Å². The molecule has 0 saturated carbocycles. The molecule has 0 radical (unpaired) electrons. The third-order valence-corrected chi connectivity index (χ3v) is 2.84. The van der Waals surface area contributed by atoms with E-state index in [1.807, 2.05) is 0 Å². The molecule has 0 aromatic rings. The summed E-state index contributed by atoms with van der Waals surface area (Å²) in [6, 6.07) is 0.462. The van der Waals surface area contributed by atoms with E-state index in [4.69, 9.17) is 5.11 Å². The van der Waals surface area contributed by atoms with Crippen molar-refractivity contribution in [1.82, 2.24) is 9.80 Å². The van der Waals surface area contributed by atoms with Crippen LogP contribution in [0.3, 0.4) is 0 Å². The molecule has 4 heteroatoms. The third kappa shape index (κ3) is 3.53. The van der Waals surface area contributed by atoms with Gasteiger partial charge in [0.2, 0.25) is 0 Å². The smallest absolute Gasteiger partial charge is 0.0897 e. The fraction of sp³-hybridized carbons (Fsp3) is 1.00. The molecule has 1 saturated heterocycles. The van der Waals surface area contributed by atoms with Crippen molar-refractivity contribution in [3.8, 4) is 0 Å². The molecule has 0 aromatic carbocycles. The van der Waals surface area contributed by atoms with E-state index in [2.05, 4.69) is 23.8 Å². The number of likely N-dealkylation sites (N-methyl/N-ethyl adjacent to an activating group) is 1. The summed E-state index contributed by atoms with van der Waals surface area (Å²) in [6.07, 6.45) is 0.541. The Morgan fingerprint density at radius 2 is 2.14 bits per heavy atom. The van der Waals surface area contributed by atoms with Gasteiger partial charge in [0.05, 0.1) is 12.7 Å². The first-order valence-corrected chi connectivity index (χ1v) is 5.35. The summed E-state index contributed by atoms with van der Waals surface area (Å²) in [7, 11) is 2.13. The second-order valence-electron chi connectivity index (χ2n) is 4.30. The molecule has 84 valence electrons. The highest BCUT2D eigenvalue weighted by Crippen LogP contribution is 2.08. The molecule has 0 spiro atoms. The summed E-state index contributed by atoms with van der Waals surface area (Å²) in [4.78, 5) is 4.57. The summed E-state index contributed by atoms with van der Waals surface area (Å²) < 4.78 is 0. The van der Waals surface area contributed by atoms with Crippen molar-refractivity contribution in [2.45, 2.75) is 25.5 Å². The van der Waals surface area contributed by atoms with E-state index in [1.165, 1.54) is 0 Å². The molecular weight excluding hydrogens is 180 g/mol. The Morgan fingerprint density at radius 1 is 1.43 bits per heavy atom. The summed E-state index contributed by atoms with van der Waals surface area (Å²) in [5, 5.41) is 18.2. The van der Waals surface area contributed by atoms with Gasteiger partial charge in [0.25, 0.3) is 0 Å². The van der Waals surface area contributed by atoms with Gasteiger partial charge in [-0.1, -0.05) is 0 Å². The van der Waals surface area contributed by atoms with Crippen molar-refractivity contribution in [3.63, 3.8) is 0 Å². The topological polar surface area (TPSA) is 46.9 Å². The summed E-state index contributed by atoms with van der Waals surface area (Å²) in [5.74, 6) is 0. The van der Waals surface area contributed by atoms with Gasteiger partial charge in [-0.25, -0.2) is 0 Å². The lowest BCUT2D eigenvalue weighted by Crippen LogP contribution is -2.42. The standard InChI is InChI=1S/C10H22N2O2/c1-9-6-11(2)4-3-5-12(9)7-10(14)8-13/h9-10,13-14H,3-8H2,1-2H3. The monoisotopic (exact) mass is 202 g/mol. The highest BCUT2D eigenvalue weighted by molar-refractivity contribution is 4.76. The van der Waals surface area contributed by atoms with Crippen molar-refractivity contribution in [2.75, 3.05) is 39.8 Å². The minimum Gasteiger partial charge on any atom is -0.394 e. The van der Waals surface area contributed by atoms with Gasteiger partial charge in [-0.05, 0) is 33.5 Å². The minimum absolute atomic E-state index is 0.140. The van der Waals surface area contributed by atoms with Gasteiger partial charge in [-0.2, -0.15) is 0 Å². The second-order valence-corrected chi connectivity index (χ2v) is 4.30. The first-order chi connectivity index (χ1) is 6.63. The zero-order valence-electron chi connectivity index (χ0n) is 9.19. The SMILES string of the molecule is CC1CN(C)CCCN1CC(O)CO. The van der Waals surface area contributed by atoms with Crippen molar-refractivity contribution in [2.24, 2.45) is 0 Å². The molecule has 0 bridgehead atoms. The van der Waals surface area contributed by atoms with E-state index in [0.717, 1.165) is 26.1 Å². The zero-order valence-corrected chi connectivity index (χ0v) is 9.19. The van der Waals surface area contributed by atoms with Gasteiger partial charge in [0.1, 0.15) is 0 Å². The van der Waals surface area contributed by atoms with Crippen LogP contribution in [0, 0.1) is 0 Å². The third-order valence-electron chi connectivity index (χ3n) is 2.84. The summed E-state index contributed by atoms with van der Waals surface area (Å²) in [6.45, 7) is 5.80. The van der Waals surface area contributed by atoms with E-state index in [1.54, 1.807) is 0 Å². The van der Waals surface area contributed by atoms with E-state index in [0.29, 0.717) is 12.6 Å². The van der Waals surface area contributed by atoms with E-state index >= 15 is 0 Å². The molecule has 14 heavy (non-hydrogen) atoms. The number of aliphatic hydroxyl groups is 2. The molecule has 1 heterocycles. The first kappa shape index (κ1) is 11.9. The Kier molecular flexibility index (Phi) is 4.81. The van der Waals surface area contributed by atoms with Crippen LogP contribution in [0.1, 0.15) is 13.3 Å². The number of aliphatic hydroxyl groups excluding tert-OH is 2. The van der Waals surface area contributed by atoms with Crippen molar-refractivity contribution >= 4 is 0 Å². The highest BCUT2D eigenvalue weighted by atomic mass is 16.3.